The average Bonchev–Trinajstić information content (AvgIpc) is 2.67. The number of aryl methyl sites for hydroxylation is 2. The highest BCUT2D eigenvalue weighted by atomic mass is 35.5. The van der Waals surface area contributed by atoms with Gasteiger partial charge in [0, 0.05) is 12.6 Å². The van der Waals surface area contributed by atoms with Gasteiger partial charge in [0.05, 0.1) is 5.69 Å². The number of halogens is 3. The van der Waals surface area contributed by atoms with Crippen molar-refractivity contribution in [1.82, 2.24) is 9.78 Å². The number of hydrogen-bond acceptors (Lipinski definition) is 3. The van der Waals surface area contributed by atoms with E-state index in [0.717, 1.165) is 5.69 Å². The molecule has 1 heterocycles. The van der Waals surface area contributed by atoms with Crippen LogP contribution in [0.2, 0.25) is 0 Å². The molecule has 2 atom stereocenters. The van der Waals surface area contributed by atoms with Crippen molar-refractivity contribution < 1.29 is 9.59 Å². The van der Waals surface area contributed by atoms with Crippen LogP contribution >= 0.6 is 34.8 Å². The van der Waals surface area contributed by atoms with Crippen LogP contribution in [0, 0.1) is 6.92 Å². The van der Waals surface area contributed by atoms with Crippen molar-refractivity contribution in [3.8, 4) is 0 Å². The number of nitrogens with zero attached hydrogens (tertiary/aromatic N) is 2. The van der Waals surface area contributed by atoms with Crippen LogP contribution < -0.4 is 5.32 Å². The third-order valence-corrected chi connectivity index (χ3v) is 3.55. The third-order valence-electron chi connectivity index (χ3n) is 2.18. The number of amides is 1. The minimum absolute atomic E-state index is 0.497. The van der Waals surface area contributed by atoms with Gasteiger partial charge in [0.15, 0.2) is 0 Å². The first-order valence-corrected chi connectivity index (χ1v) is 6.44. The normalized spacial score (nSPS) is 14.1. The van der Waals surface area contributed by atoms with Gasteiger partial charge in [-0.2, -0.15) is 5.10 Å². The number of hydrogen-bond donors (Lipinski definition) is 1. The van der Waals surface area contributed by atoms with Gasteiger partial charge in [-0.25, -0.2) is 4.68 Å². The van der Waals surface area contributed by atoms with Crippen LogP contribution in [0.1, 0.15) is 12.6 Å². The van der Waals surface area contributed by atoms with E-state index in [1.165, 1.54) is 0 Å². The Bertz CT molecular complexity index is 461. The molecule has 0 aliphatic heterocycles. The van der Waals surface area contributed by atoms with Crippen molar-refractivity contribution in [2.24, 2.45) is 0 Å². The monoisotopic (exact) mass is 311 g/mol. The second kappa shape index (κ2) is 6.41. The number of anilines is 1. The van der Waals surface area contributed by atoms with Crippen molar-refractivity contribution in [1.29, 1.82) is 0 Å². The molecule has 1 N–H and O–H groups in total. The van der Waals surface area contributed by atoms with Crippen molar-refractivity contribution in [3.05, 3.63) is 11.8 Å². The summed E-state index contributed by atoms with van der Waals surface area (Å²) in [6, 6.07) is 1.69. The van der Waals surface area contributed by atoms with E-state index < -0.39 is 21.9 Å². The second-order valence-electron chi connectivity index (χ2n) is 3.58. The molecule has 2 unspecified atom stereocenters. The first-order valence-electron chi connectivity index (χ1n) is 5.19. The van der Waals surface area contributed by atoms with Gasteiger partial charge in [-0.15, -0.1) is 23.2 Å². The van der Waals surface area contributed by atoms with E-state index in [1.807, 2.05) is 6.92 Å². The number of aromatic nitrogens is 2. The summed E-state index contributed by atoms with van der Waals surface area (Å²) in [6.07, 6.45) is 0. The fraction of sp³-hybridized carbons (Fsp3) is 0.500. The van der Waals surface area contributed by atoms with Crippen LogP contribution in [-0.4, -0.2) is 31.7 Å². The highest BCUT2D eigenvalue weighted by molar-refractivity contribution is 6.70. The summed E-state index contributed by atoms with van der Waals surface area (Å²) in [5, 5.41) is 3.33. The lowest BCUT2D eigenvalue weighted by molar-refractivity contribution is -0.118. The molecule has 0 bridgehead atoms. The van der Waals surface area contributed by atoms with Gasteiger partial charge in [0.1, 0.15) is 16.6 Å². The fourth-order valence-corrected chi connectivity index (χ4v) is 1.80. The van der Waals surface area contributed by atoms with E-state index in [9.17, 15) is 9.59 Å². The summed E-state index contributed by atoms with van der Waals surface area (Å²) in [5.41, 5.74) is 0.758. The quantitative estimate of drug-likeness (QED) is 0.669. The molecular formula is C10H12Cl3N3O2. The lowest BCUT2D eigenvalue weighted by Gasteiger charge is -2.13. The highest BCUT2D eigenvalue weighted by Crippen LogP contribution is 2.17. The van der Waals surface area contributed by atoms with E-state index >= 15 is 0 Å². The van der Waals surface area contributed by atoms with E-state index in [1.54, 1.807) is 17.7 Å². The SMILES string of the molecule is CCn1nc(C)cc1NC(=O)C(Cl)C(Cl)C(=O)Cl. The lowest BCUT2D eigenvalue weighted by Crippen LogP contribution is -2.34. The molecule has 0 saturated heterocycles. The Labute approximate surface area is 119 Å². The predicted molar refractivity (Wildman–Crippen MR) is 71.4 cm³/mol. The Morgan fingerprint density at radius 2 is 2.06 bits per heavy atom. The summed E-state index contributed by atoms with van der Waals surface area (Å²) >= 11 is 16.5. The van der Waals surface area contributed by atoms with Crippen LogP contribution in [0.25, 0.3) is 0 Å². The first-order chi connectivity index (χ1) is 8.36. The van der Waals surface area contributed by atoms with E-state index in [2.05, 4.69) is 10.4 Å². The van der Waals surface area contributed by atoms with Crippen LogP contribution in [0.4, 0.5) is 5.82 Å². The summed E-state index contributed by atoms with van der Waals surface area (Å²) in [6.45, 7) is 4.27. The molecule has 1 rings (SSSR count). The van der Waals surface area contributed by atoms with Crippen molar-refractivity contribution in [3.63, 3.8) is 0 Å². The Kier molecular flexibility index (Phi) is 5.44. The van der Waals surface area contributed by atoms with Gasteiger partial charge < -0.3 is 5.32 Å². The Balaban J connectivity index is 2.78. The highest BCUT2D eigenvalue weighted by Gasteiger charge is 2.29. The molecule has 1 aromatic rings. The van der Waals surface area contributed by atoms with Crippen molar-refractivity contribution in [2.45, 2.75) is 31.1 Å². The molecule has 0 aliphatic carbocycles. The number of carbonyl (C=O) groups excluding carboxylic acids is 2. The minimum atomic E-state index is -1.27. The maximum Gasteiger partial charge on any atom is 0.245 e. The largest absolute Gasteiger partial charge is 0.310 e. The number of rotatable bonds is 5. The zero-order chi connectivity index (χ0) is 13.9. The van der Waals surface area contributed by atoms with E-state index in [-0.39, 0.29) is 0 Å². The average molecular weight is 313 g/mol. The maximum atomic E-state index is 11.8. The van der Waals surface area contributed by atoms with Crippen LogP contribution in [0.3, 0.4) is 0 Å². The number of nitrogens with one attached hydrogen (secondary N) is 1. The van der Waals surface area contributed by atoms with Gasteiger partial charge in [-0.1, -0.05) is 0 Å². The van der Waals surface area contributed by atoms with Gasteiger partial charge in [0.25, 0.3) is 0 Å². The molecule has 0 aromatic carbocycles. The van der Waals surface area contributed by atoms with Gasteiger partial charge in [0.2, 0.25) is 11.1 Å². The second-order valence-corrected chi connectivity index (χ2v) is 4.90. The fourth-order valence-electron chi connectivity index (χ4n) is 1.33. The van der Waals surface area contributed by atoms with E-state index in [4.69, 9.17) is 34.8 Å². The molecule has 0 aliphatic rings. The maximum absolute atomic E-state index is 11.8. The van der Waals surface area contributed by atoms with Gasteiger partial charge in [-0.3, -0.25) is 9.59 Å². The van der Waals surface area contributed by atoms with Crippen molar-refractivity contribution in [2.75, 3.05) is 5.32 Å². The molecule has 0 saturated carbocycles. The molecule has 1 aromatic heterocycles. The Morgan fingerprint density at radius 3 is 2.56 bits per heavy atom. The molecule has 0 spiro atoms. The summed E-state index contributed by atoms with van der Waals surface area (Å²) in [5.74, 6) is -0.100. The van der Waals surface area contributed by atoms with Crippen LogP contribution in [0.15, 0.2) is 6.07 Å². The molecule has 5 nitrogen and oxygen atoms in total. The molecular weight excluding hydrogens is 300 g/mol. The molecule has 100 valence electrons. The molecule has 18 heavy (non-hydrogen) atoms. The predicted octanol–water partition coefficient (Wildman–Crippen LogP) is 2.13. The Hall–Kier alpha value is -0.780. The summed E-state index contributed by atoms with van der Waals surface area (Å²) < 4.78 is 1.60. The van der Waals surface area contributed by atoms with Crippen LogP contribution in [-0.2, 0) is 16.1 Å². The standard InChI is InChI=1S/C10H12Cl3N3O2/c1-3-16-6(4-5(2)15-16)14-10(18)8(12)7(11)9(13)17/h4,7-8H,3H2,1-2H3,(H,14,18). The topological polar surface area (TPSA) is 64.0 Å². The van der Waals surface area contributed by atoms with E-state index in [0.29, 0.717) is 12.4 Å². The molecule has 1 amide bonds. The lowest BCUT2D eigenvalue weighted by atomic mass is 10.3. The molecule has 0 fully saturated rings. The smallest absolute Gasteiger partial charge is 0.245 e. The van der Waals surface area contributed by atoms with Gasteiger partial charge in [-0.05, 0) is 25.4 Å². The zero-order valence-electron chi connectivity index (χ0n) is 9.78. The van der Waals surface area contributed by atoms with Gasteiger partial charge >= 0.3 is 0 Å². The Morgan fingerprint density at radius 1 is 1.44 bits per heavy atom. The first kappa shape index (κ1) is 15.3. The molecule has 0 radical (unpaired) electrons. The summed E-state index contributed by atoms with van der Waals surface area (Å²) in [4.78, 5) is 22.6. The summed E-state index contributed by atoms with van der Waals surface area (Å²) in [7, 11) is 0. The zero-order valence-corrected chi connectivity index (χ0v) is 12.1. The molecule has 8 heteroatoms. The van der Waals surface area contributed by atoms with Crippen molar-refractivity contribution >= 4 is 51.8 Å². The number of carbonyl (C=O) groups is 2. The third kappa shape index (κ3) is 3.60. The number of alkyl halides is 2. The minimum Gasteiger partial charge on any atom is -0.310 e. The van der Waals surface area contributed by atoms with Crippen LogP contribution in [0.5, 0.6) is 0 Å².